The number of Topliss-reactive ketones (excluding diaryl/α,β-unsaturated/α-hetero) is 1. The van der Waals surface area contributed by atoms with E-state index in [0.29, 0.717) is 18.3 Å². The van der Waals surface area contributed by atoms with Gasteiger partial charge < -0.3 is 5.11 Å². The number of halogens is 1. The Morgan fingerprint density at radius 2 is 1.88 bits per heavy atom. The Morgan fingerprint density at radius 1 is 1.19 bits per heavy atom. The third-order valence-corrected chi connectivity index (χ3v) is 9.56. The molecule has 0 aromatic carbocycles. The molecule has 26 heavy (non-hydrogen) atoms. The van der Waals surface area contributed by atoms with Crippen LogP contribution in [0, 0.1) is 40.4 Å². The van der Waals surface area contributed by atoms with Gasteiger partial charge in [0.15, 0.2) is 11.6 Å². The van der Waals surface area contributed by atoms with Crippen molar-refractivity contribution in [2.24, 2.45) is 40.4 Å². The fraction of sp³-hybridized carbons (Fsp3) is 0.727. The lowest BCUT2D eigenvalue weighted by molar-refractivity contribution is -0.157. The highest BCUT2D eigenvalue weighted by Crippen LogP contribution is 2.72. The second kappa shape index (κ2) is 4.91. The molecule has 8 atom stereocenters. The van der Waals surface area contributed by atoms with E-state index in [1.54, 1.807) is 0 Å². The summed E-state index contributed by atoms with van der Waals surface area (Å²) in [5.74, 6) is 1.78. The lowest BCUT2D eigenvalue weighted by Gasteiger charge is -2.57. The first-order valence-electron chi connectivity index (χ1n) is 10.0. The maximum atomic E-state index is 12.3. The van der Waals surface area contributed by atoms with Crippen molar-refractivity contribution in [2.75, 3.05) is 0 Å². The Labute approximate surface area is 159 Å². The summed E-state index contributed by atoms with van der Waals surface area (Å²) in [7, 11) is 0. The molecule has 3 nitrogen and oxygen atoms in total. The van der Waals surface area contributed by atoms with Gasteiger partial charge in [0, 0.05) is 21.8 Å². The number of hydrogen-bond acceptors (Lipinski definition) is 3. The van der Waals surface area contributed by atoms with Gasteiger partial charge in [-0.15, -0.1) is 0 Å². The molecule has 5 aliphatic carbocycles. The van der Waals surface area contributed by atoms with Crippen molar-refractivity contribution < 1.29 is 14.7 Å². The van der Waals surface area contributed by atoms with Crippen LogP contribution in [-0.2, 0) is 9.59 Å². The van der Waals surface area contributed by atoms with E-state index in [0.717, 1.165) is 36.3 Å². The lowest BCUT2D eigenvalue weighted by Crippen LogP contribution is -2.56. The molecule has 0 heterocycles. The van der Waals surface area contributed by atoms with Crippen molar-refractivity contribution in [3.63, 3.8) is 0 Å². The van der Waals surface area contributed by atoms with E-state index in [-0.39, 0.29) is 40.2 Å². The van der Waals surface area contributed by atoms with Gasteiger partial charge in [-0.3, -0.25) is 9.59 Å². The van der Waals surface area contributed by atoms with Gasteiger partial charge in [0.05, 0.1) is 0 Å². The van der Waals surface area contributed by atoms with Gasteiger partial charge >= 0.3 is 0 Å². The largest absolute Gasteiger partial charge is 0.382 e. The first-order chi connectivity index (χ1) is 12.1. The predicted molar refractivity (Wildman–Crippen MR) is 99.4 cm³/mol. The van der Waals surface area contributed by atoms with Crippen molar-refractivity contribution >= 4 is 23.2 Å². The molecule has 0 aliphatic heterocycles. The van der Waals surface area contributed by atoms with Gasteiger partial charge in [-0.2, -0.15) is 0 Å². The van der Waals surface area contributed by atoms with Gasteiger partial charge in [-0.25, -0.2) is 0 Å². The summed E-state index contributed by atoms with van der Waals surface area (Å²) in [5.41, 5.74) is -0.566. The van der Waals surface area contributed by atoms with E-state index < -0.39 is 5.60 Å². The molecule has 0 bridgehead atoms. The van der Waals surface area contributed by atoms with Gasteiger partial charge in [0.1, 0.15) is 5.60 Å². The van der Waals surface area contributed by atoms with Crippen LogP contribution in [-0.4, -0.2) is 22.3 Å². The third-order valence-electron chi connectivity index (χ3n) is 9.23. The number of allylic oxidation sites excluding steroid dienone is 4. The van der Waals surface area contributed by atoms with Crippen molar-refractivity contribution in [2.45, 2.75) is 58.5 Å². The Bertz CT molecular complexity index is 797. The molecular weight excluding hydrogens is 348 g/mol. The normalized spacial score (nSPS) is 54.3. The molecule has 0 radical (unpaired) electrons. The number of fused-ring (bicyclic) bond motifs is 7. The summed E-state index contributed by atoms with van der Waals surface area (Å²) < 4.78 is 0. The van der Waals surface area contributed by atoms with Crippen molar-refractivity contribution in [3.05, 3.63) is 22.8 Å². The van der Waals surface area contributed by atoms with Crippen LogP contribution < -0.4 is 0 Å². The fourth-order valence-corrected chi connectivity index (χ4v) is 7.96. The van der Waals surface area contributed by atoms with Crippen LogP contribution in [0.15, 0.2) is 22.8 Å². The smallest absolute Gasteiger partial charge is 0.161 e. The summed E-state index contributed by atoms with van der Waals surface area (Å²) in [4.78, 5) is 24.6. The van der Waals surface area contributed by atoms with Gasteiger partial charge in [-0.1, -0.05) is 31.5 Å². The Kier molecular flexibility index (Phi) is 3.25. The highest BCUT2D eigenvalue weighted by Gasteiger charge is 2.69. The van der Waals surface area contributed by atoms with E-state index in [4.69, 9.17) is 11.6 Å². The van der Waals surface area contributed by atoms with Crippen LogP contribution in [0.5, 0.6) is 0 Å². The summed E-state index contributed by atoms with van der Waals surface area (Å²) >= 11 is 6.73. The number of carbonyl (C=O) groups excluding carboxylic acids is 2. The minimum atomic E-state index is -1.20. The second-order valence-electron chi connectivity index (χ2n) is 9.91. The average molecular weight is 375 g/mol. The second-order valence-corrected chi connectivity index (χ2v) is 10.3. The lowest BCUT2D eigenvalue weighted by atomic mass is 9.47. The molecule has 3 fully saturated rings. The molecule has 1 N–H and O–H groups in total. The molecular formula is C22H27ClO3. The van der Waals surface area contributed by atoms with Crippen LogP contribution in [0.2, 0.25) is 0 Å². The van der Waals surface area contributed by atoms with E-state index in [1.807, 2.05) is 6.08 Å². The zero-order valence-electron chi connectivity index (χ0n) is 15.7. The van der Waals surface area contributed by atoms with Crippen LogP contribution >= 0.6 is 11.6 Å². The molecule has 4 heteroatoms. The molecule has 3 saturated carbocycles. The van der Waals surface area contributed by atoms with Gasteiger partial charge in [-0.05, 0) is 74.3 Å². The van der Waals surface area contributed by atoms with Crippen molar-refractivity contribution in [1.29, 1.82) is 0 Å². The van der Waals surface area contributed by atoms with E-state index in [9.17, 15) is 14.7 Å². The number of rotatable bonds is 1. The zero-order chi connectivity index (χ0) is 18.6. The summed E-state index contributed by atoms with van der Waals surface area (Å²) in [6.07, 6.45) is 8.25. The monoisotopic (exact) mass is 374 g/mol. The third kappa shape index (κ3) is 1.75. The predicted octanol–water partition coefficient (Wildman–Crippen LogP) is 4.04. The fourth-order valence-electron chi connectivity index (χ4n) is 7.56. The van der Waals surface area contributed by atoms with E-state index in [1.165, 1.54) is 6.92 Å². The van der Waals surface area contributed by atoms with E-state index in [2.05, 4.69) is 19.9 Å². The molecule has 6 unspecified atom stereocenters. The molecule has 5 rings (SSSR count). The maximum Gasteiger partial charge on any atom is 0.161 e. The van der Waals surface area contributed by atoms with Crippen LogP contribution in [0.1, 0.15) is 52.9 Å². The Morgan fingerprint density at radius 3 is 2.58 bits per heavy atom. The molecule has 0 aromatic heterocycles. The average Bonchev–Trinajstić information content (AvgIpc) is 3.33. The number of ketones is 2. The number of aliphatic hydroxyl groups is 1. The maximum absolute atomic E-state index is 12.3. The number of carbonyl (C=O) groups is 2. The molecule has 5 aliphatic rings. The molecule has 0 aromatic rings. The summed E-state index contributed by atoms with van der Waals surface area (Å²) in [6.45, 7) is 5.97. The van der Waals surface area contributed by atoms with Gasteiger partial charge in [0.2, 0.25) is 0 Å². The topological polar surface area (TPSA) is 54.4 Å². The zero-order valence-corrected chi connectivity index (χ0v) is 16.5. The van der Waals surface area contributed by atoms with E-state index >= 15 is 0 Å². The van der Waals surface area contributed by atoms with Crippen LogP contribution in [0.3, 0.4) is 0 Å². The molecule has 0 saturated heterocycles. The molecule has 140 valence electrons. The Balaban J connectivity index is 1.62. The van der Waals surface area contributed by atoms with Crippen LogP contribution in [0.25, 0.3) is 0 Å². The SMILES string of the molecule is CC(=O)[C@@]1(O)CCC2C3C=C(Cl)C4=CC(=O)[C@@H]5CC5C4(C)C3CCC21C. The Hall–Kier alpha value is -0.930. The van der Waals surface area contributed by atoms with Crippen molar-refractivity contribution in [1.82, 2.24) is 0 Å². The minimum absolute atomic E-state index is 0.0344. The summed E-state index contributed by atoms with van der Waals surface area (Å²) in [6, 6.07) is 0. The van der Waals surface area contributed by atoms with Crippen molar-refractivity contribution in [3.8, 4) is 0 Å². The quantitative estimate of drug-likeness (QED) is 0.753. The highest BCUT2D eigenvalue weighted by molar-refractivity contribution is 6.32. The standard InChI is InChI=1S/C22H27ClO3/c1-11(24)22(26)7-5-14-12-9-18(23)17-10-19(25)13-8-16(13)21(17,3)15(12)4-6-20(14,22)2/h9-10,12-16,26H,4-8H2,1-3H3/t12?,13-,14?,15?,16?,20?,21?,22+/m1/s1. The first-order valence-corrected chi connectivity index (χ1v) is 10.4. The minimum Gasteiger partial charge on any atom is -0.382 e. The number of hydrogen-bond donors (Lipinski definition) is 1. The summed E-state index contributed by atoms with van der Waals surface area (Å²) in [5, 5.41) is 11.9. The molecule has 0 amide bonds. The molecule has 0 spiro atoms. The first kappa shape index (κ1) is 17.2. The highest BCUT2D eigenvalue weighted by atomic mass is 35.5. The van der Waals surface area contributed by atoms with Crippen LogP contribution in [0.4, 0.5) is 0 Å². The van der Waals surface area contributed by atoms with Gasteiger partial charge in [0.25, 0.3) is 0 Å².